The van der Waals surface area contributed by atoms with E-state index in [1.54, 1.807) is 24.3 Å². The maximum absolute atomic E-state index is 12.3. The minimum atomic E-state index is -1.19. The monoisotopic (exact) mass is 480 g/mol. The third-order valence-corrected chi connectivity index (χ3v) is 5.30. The summed E-state index contributed by atoms with van der Waals surface area (Å²) in [4.78, 5) is 31.3. The van der Waals surface area contributed by atoms with Gasteiger partial charge in [0.2, 0.25) is 0 Å². The van der Waals surface area contributed by atoms with Crippen LogP contribution in [-0.4, -0.2) is 35.7 Å². The van der Waals surface area contributed by atoms with E-state index in [4.69, 9.17) is 17.7 Å². The molecule has 0 saturated carbocycles. The first-order valence-corrected chi connectivity index (χ1v) is 11.0. The van der Waals surface area contributed by atoms with Gasteiger partial charge in [-0.3, -0.25) is 0 Å². The van der Waals surface area contributed by atoms with Gasteiger partial charge in [0.05, 0.1) is 46.5 Å². The second-order valence-corrected chi connectivity index (χ2v) is 7.60. The minimum absolute atomic E-state index is 0.0596. The number of nitrogens with one attached hydrogen (secondary N) is 1. The number of carbonyl (C=O) groups is 2. The number of nitrogens with zero attached hydrogens (tertiary/aromatic N) is 5. The van der Waals surface area contributed by atoms with Crippen LogP contribution in [0.25, 0.3) is 10.4 Å². The van der Waals surface area contributed by atoms with Crippen LogP contribution < -0.4 is 5.32 Å². The Morgan fingerprint density at radius 2 is 1.94 bits per heavy atom. The summed E-state index contributed by atoms with van der Waals surface area (Å²) in [5.41, 5.74) is 11.0. The number of esters is 2. The number of hydrogen-bond acceptors (Lipinski definition) is 7. The summed E-state index contributed by atoms with van der Waals surface area (Å²) in [6, 6.07) is 11.2. The molecule has 0 amide bonds. The van der Waals surface area contributed by atoms with E-state index in [1.807, 2.05) is 4.57 Å². The Bertz CT molecular complexity index is 1320. The first-order valence-electron chi connectivity index (χ1n) is 12.1. The number of carbonyl (C=O) groups excluding carboxylic acids is 2. The van der Waals surface area contributed by atoms with E-state index >= 15 is 0 Å². The highest BCUT2D eigenvalue weighted by Crippen LogP contribution is 2.25. The van der Waals surface area contributed by atoms with Crippen LogP contribution in [0.5, 0.6) is 0 Å². The first-order chi connectivity index (χ1) is 17.8. The van der Waals surface area contributed by atoms with Crippen molar-refractivity contribution < 1.29 is 21.8 Å². The zero-order valence-electron chi connectivity index (χ0n) is 21.8. The molecule has 35 heavy (non-hydrogen) atoms. The van der Waals surface area contributed by atoms with Crippen molar-refractivity contribution in [2.24, 2.45) is 5.11 Å². The molecule has 0 aliphatic rings. The van der Waals surface area contributed by atoms with Crippen LogP contribution in [0.4, 0.5) is 11.4 Å². The van der Waals surface area contributed by atoms with Crippen LogP contribution in [-0.2, 0) is 29.0 Å². The maximum atomic E-state index is 12.3. The molecule has 0 aliphatic heterocycles. The van der Waals surface area contributed by atoms with Crippen molar-refractivity contribution >= 4 is 23.3 Å². The third kappa shape index (κ3) is 6.39. The SMILES string of the molecule is [3H]c1nc(CCCC)n(Cc2ccc(C(=O)OC)cc2)c1C([3H])Nc1cc(N=[N+]=[N-])ccc1C(=O)OC. The molecule has 10 heteroatoms. The number of benzene rings is 2. The molecule has 1 unspecified atom stereocenters. The predicted molar refractivity (Wildman–Crippen MR) is 132 cm³/mol. The molecule has 0 bridgehead atoms. The van der Waals surface area contributed by atoms with Crippen molar-refractivity contribution in [2.45, 2.75) is 39.3 Å². The lowest BCUT2D eigenvalue weighted by Crippen LogP contribution is -2.13. The van der Waals surface area contributed by atoms with Crippen LogP contribution >= 0.6 is 0 Å². The lowest BCUT2D eigenvalue weighted by Gasteiger charge is -2.15. The Morgan fingerprint density at radius 1 is 1.20 bits per heavy atom. The zero-order chi connectivity index (χ0) is 26.9. The summed E-state index contributed by atoms with van der Waals surface area (Å²) in [6.45, 7) is 1.19. The quantitative estimate of drug-likeness (QED) is 0.169. The average molecular weight is 481 g/mol. The molecule has 1 N–H and O–H groups in total. The number of rotatable bonds is 11. The molecule has 1 heterocycles. The number of methoxy groups -OCH3 is 2. The average Bonchev–Trinajstić information content (AvgIpc) is 3.21. The number of aromatic nitrogens is 2. The highest BCUT2D eigenvalue weighted by atomic mass is 16.5. The van der Waals surface area contributed by atoms with Crippen molar-refractivity contribution in [1.29, 1.82) is 0 Å². The molecule has 3 aromatic rings. The van der Waals surface area contributed by atoms with E-state index in [2.05, 4.69) is 27.3 Å². The number of ether oxygens (including phenoxy) is 2. The predicted octanol–water partition coefficient (Wildman–Crippen LogP) is 5.40. The van der Waals surface area contributed by atoms with Crippen molar-refractivity contribution in [2.75, 3.05) is 19.5 Å². The topological polar surface area (TPSA) is 131 Å². The van der Waals surface area contributed by atoms with Gasteiger partial charge in [-0.05, 0) is 41.8 Å². The lowest BCUT2D eigenvalue weighted by molar-refractivity contribution is 0.0592. The van der Waals surface area contributed by atoms with Crippen LogP contribution in [0.1, 0.15) is 60.3 Å². The maximum Gasteiger partial charge on any atom is 0.339 e. The molecule has 1 atom stereocenters. The Kier molecular flexibility index (Phi) is 7.87. The first kappa shape index (κ1) is 22.5. The van der Waals surface area contributed by atoms with Gasteiger partial charge in [0.15, 0.2) is 0 Å². The van der Waals surface area contributed by atoms with Gasteiger partial charge in [0.1, 0.15) is 5.82 Å². The van der Waals surface area contributed by atoms with E-state index in [9.17, 15) is 9.59 Å². The summed E-state index contributed by atoms with van der Waals surface area (Å²) >= 11 is 0. The normalized spacial score (nSPS) is 12.1. The molecule has 182 valence electrons. The van der Waals surface area contributed by atoms with Crippen molar-refractivity contribution in [1.82, 2.24) is 9.55 Å². The molecule has 0 spiro atoms. The fourth-order valence-electron chi connectivity index (χ4n) is 3.44. The largest absolute Gasteiger partial charge is 0.465 e. The summed E-state index contributed by atoms with van der Waals surface area (Å²) in [5.74, 6) is -0.406. The number of aryl methyl sites for hydroxylation is 1. The van der Waals surface area contributed by atoms with E-state index in [0.717, 1.165) is 18.4 Å². The van der Waals surface area contributed by atoms with E-state index < -0.39 is 18.5 Å². The molecule has 2 aromatic carbocycles. The zero-order valence-corrected chi connectivity index (χ0v) is 19.8. The fourth-order valence-corrected chi connectivity index (χ4v) is 3.44. The Labute approximate surface area is 206 Å². The van der Waals surface area contributed by atoms with Crippen molar-refractivity contribution in [3.05, 3.63) is 87.3 Å². The van der Waals surface area contributed by atoms with Crippen LogP contribution in [0, 0.1) is 0 Å². The van der Waals surface area contributed by atoms with Crippen molar-refractivity contribution in [3.63, 3.8) is 0 Å². The Hall–Kier alpha value is -4.30. The summed E-state index contributed by atoms with van der Waals surface area (Å²) in [5, 5.41) is 6.52. The van der Waals surface area contributed by atoms with Crippen molar-refractivity contribution in [3.8, 4) is 0 Å². The Balaban J connectivity index is 2.01. The van der Waals surface area contributed by atoms with Gasteiger partial charge in [-0.15, -0.1) is 0 Å². The smallest absolute Gasteiger partial charge is 0.339 e. The minimum Gasteiger partial charge on any atom is -0.465 e. The molecule has 0 radical (unpaired) electrons. The van der Waals surface area contributed by atoms with Crippen LogP contribution in [0.3, 0.4) is 0 Å². The molecule has 10 nitrogen and oxygen atoms in total. The number of unbranched alkanes of at least 4 members (excludes halogenated alkanes) is 1. The second-order valence-electron chi connectivity index (χ2n) is 7.60. The van der Waals surface area contributed by atoms with E-state index in [-0.39, 0.29) is 23.1 Å². The number of imidazole rings is 1. The Morgan fingerprint density at radius 3 is 2.60 bits per heavy atom. The molecule has 3 rings (SSSR count). The van der Waals surface area contributed by atoms with Gasteiger partial charge in [0.25, 0.3) is 0 Å². The molecule has 0 fully saturated rings. The van der Waals surface area contributed by atoms with Gasteiger partial charge < -0.3 is 19.4 Å². The standard InChI is InChI=1S/C25H28N6O4/c1-4-5-6-23-28-15-20(31(23)16-17-7-9-18(10-8-17)24(32)34-2)14-27-22-13-19(29-30-26)11-12-21(22)25(33)35-3/h7-13,15,27H,4-6,14,16H2,1-3H3/i14T,15T. The number of azide groups is 1. The number of hydrogen-bond donors (Lipinski definition) is 1. The lowest BCUT2D eigenvalue weighted by atomic mass is 10.1. The number of anilines is 1. The van der Waals surface area contributed by atoms with Gasteiger partial charge >= 0.3 is 11.9 Å². The molecule has 0 saturated heterocycles. The summed E-state index contributed by atoms with van der Waals surface area (Å²) in [7, 11) is 2.56. The van der Waals surface area contributed by atoms with Gasteiger partial charge in [0, 0.05) is 29.3 Å². The fraction of sp³-hybridized carbons (Fsp3) is 0.320. The third-order valence-electron chi connectivity index (χ3n) is 5.30. The van der Waals surface area contributed by atoms with E-state index in [1.165, 1.54) is 32.4 Å². The van der Waals surface area contributed by atoms with Crippen LogP contribution in [0.2, 0.25) is 0 Å². The molecule has 0 aliphatic carbocycles. The molecular formula is C25H28N6O4. The van der Waals surface area contributed by atoms with Crippen LogP contribution in [0.15, 0.2) is 53.8 Å². The highest BCUT2D eigenvalue weighted by Gasteiger charge is 2.15. The van der Waals surface area contributed by atoms with Gasteiger partial charge in [-0.25, -0.2) is 14.6 Å². The van der Waals surface area contributed by atoms with Gasteiger partial charge in [-0.1, -0.05) is 36.7 Å². The van der Waals surface area contributed by atoms with Gasteiger partial charge in [-0.2, -0.15) is 0 Å². The van der Waals surface area contributed by atoms with E-state index in [0.29, 0.717) is 30.0 Å². The highest BCUT2D eigenvalue weighted by molar-refractivity contribution is 5.96. The molecular weight excluding hydrogens is 448 g/mol. The summed E-state index contributed by atoms with van der Waals surface area (Å²) < 4.78 is 28.8. The summed E-state index contributed by atoms with van der Waals surface area (Å²) in [6.07, 6.45) is 2.35. The second kappa shape index (κ2) is 12.2. The molecule has 1 aromatic heterocycles.